The van der Waals surface area contributed by atoms with E-state index in [1.54, 1.807) is 0 Å². The highest BCUT2D eigenvalue weighted by Crippen LogP contribution is 2.19. The Morgan fingerprint density at radius 2 is 2.09 bits per heavy atom. The third kappa shape index (κ3) is 1.47. The Morgan fingerprint density at radius 1 is 1.55 bits per heavy atom. The van der Waals surface area contributed by atoms with Crippen LogP contribution < -0.4 is 11.3 Å². The fourth-order valence-electron chi connectivity index (χ4n) is 0.618. The molecule has 1 heterocycles. The zero-order valence-corrected chi connectivity index (χ0v) is 5.26. The minimum absolute atomic E-state index is 0.250. The Bertz CT molecular complexity index is 266. The summed E-state index contributed by atoms with van der Waals surface area (Å²) in [6.45, 7) is 0. The van der Waals surface area contributed by atoms with Crippen molar-refractivity contribution >= 4 is 19.3 Å². The van der Waals surface area contributed by atoms with Crippen molar-refractivity contribution in [1.82, 2.24) is 9.78 Å². The number of anilines is 1. The number of hydrogen-bond acceptors (Lipinski definition) is 2. The summed E-state index contributed by atoms with van der Waals surface area (Å²) in [5, 5.41) is 2.93. The van der Waals surface area contributed by atoms with E-state index in [9.17, 15) is 13.2 Å². The maximum absolute atomic E-state index is 11.8. The van der Waals surface area contributed by atoms with Gasteiger partial charge in [-0.15, -0.1) is 18.3 Å². The molecule has 0 spiro atoms. The second-order valence-electron chi connectivity index (χ2n) is 1.87. The predicted octanol–water partition coefficient (Wildman–Crippen LogP) is -0.265. The molecule has 0 bridgehead atoms. The number of aromatic nitrogens is 2. The maximum Gasteiger partial charge on any atom is 0.503 e. The molecule has 0 aliphatic heterocycles. The summed E-state index contributed by atoms with van der Waals surface area (Å²) < 4.78 is 35.2. The van der Waals surface area contributed by atoms with Crippen LogP contribution in [0.1, 0.15) is 0 Å². The molecule has 0 aromatic carbocycles. The fourth-order valence-corrected chi connectivity index (χ4v) is 0.618. The molecule has 0 saturated carbocycles. The third-order valence-electron chi connectivity index (χ3n) is 0.996. The van der Waals surface area contributed by atoms with Crippen LogP contribution in [-0.2, 0) is 6.30 Å². The van der Waals surface area contributed by atoms with E-state index in [1.807, 2.05) is 0 Å². The van der Waals surface area contributed by atoms with Crippen molar-refractivity contribution in [3.63, 3.8) is 0 Å². The van der Waals surface area contributed by atoms with Gasteiger partial charge in [-0.1, -0.05) is 0 Å². The molecule has 0 saturated heterocycles. The first kappa shape index (κ1) is 7.97. The van der Waals surface area contributed by atoms with E-state index in [-0.39, 0.29) is 10.5 Å². The summed E-state index contributed by atoms with van der Waals surface area (Å²) in [6.07, 6.45) is -4.60. The molecule has 0 aliphatic carbocycles. The summed E-state index contributed by atoms with van der Waals surface area (Å²) >= 11 is 0. The Hall–Kier alpha value is -1.14. The second-order valence-corrected chi connectivity index (χ2v) is 1.87. The van der Waals surface area contributed by atoms with Crippen LogP contribution in [0.3, 0.4) is 0 Å². The monoisotopic (exact) mass is 161 g/mol. The molecule has 58 valence electrons. The fraction of sp³-hybridized carbons (Fsp3) is 0.250. The van der Waals surface area contributed by atoms with Crippen LogP contribution in [-0.4, -0.2) is 17.6 Å². The lowest BCUT2D eigenvalue weighted by Gasteiger charge is -2.07. The van der Waals surface area contributed by atoms with Crippen molar-refractivity contribution in [3.8, 4) is 0 Å². The van der Waals surface area contributed by atoms with Crippen molar-refractivity contribution in [3.05, 3.63) is 6.07 Å². The zero-order chi connectivity index (χ0) is 8.65. The van der Waals surface area contributed by atoms with E-state index in [4.69, 9.17) is 13.6 Å². The molecule has 0 fully saturated rings. The van der Waals surface area contributed by atoms with E-state index in [1.165, 1.54) is 0 Å². The molecule has 11 heavy (non-hydrogen) atoms. The standard InChI is InChI=1S/C4H3BF3N3/c5-2-1-3(9)10-11(2)4(6,7)8/h1H,(H2,9,10). The van der Waals surface area contributed by atoms with Crippen molar-refractivity contribution in [2.24, 2.45) is 0 Å². The van der Waals surface area contributed by atoms with Crippen molar-refractivity contribution in [1.29, 1.82) is 0 Å². The lowest BCUT2D eigenvalue weighted by Crippen LogP contribution is -2.29. The Balaban J connectivity index is 3.13. The first-order valence-corrected chi connectivity index (χ1v) is 2.59. The number of nitrogens with zero attached hydrogens (tertiary/aromatic N) is 2. The van der Waals surface area contributed by atoms with Gasteiger partial charge >= 0.3 is 6.30 Å². The molecule has 0 aliphatic rings. The molecule has 1 aromatic heterocycles. The van der Waals surface area contributed by atoms with Crippen molar-refractivity contribution in [2.45, 2.75) is 6.30 Å². The number of rotatable bonds is 0. The van der Waals surface area contributed by atoms with E-state index in [2.05, 4.69) is 5.10 Å². The Labute approximate surface area is 61.4 Å². The molecule has 2 N–H and O–H groups in total. The second kappa shape index (κ2) is 2.18. The summed E-state index contributed by atoms with van der Waals surface area (Å²) in [5.41, 5.74) is 4.45. The minimum atomic E-state index is -4.60. The zero-order valence-electron chi connectivity index (χ0n) is 5.26. The topological polar surface area (TPSA) is 43.8 Å². The SMILES string of the molecule is [B]c1cc(N)nn1C(F)(F)F. The minimum Gasteiger partial charge on any atom is -0.382 e. The van der Waals surface area contributed by atoms with Gasteiger partial charge in [0.25, 0.3) is 0 Å². The first-order chi connectivity index (χ1) is 4.91. The normalized spacial score (nSPS) is 11.9. The third-order valence-corrected chi connectivity index (χ3v) is 0.996. The van der Waals surface area contributed by atoms with Gasteiger partial charge in [-0.05, 0) is 11.7 Å². The highest BCUT2D eigenvalue weighted by atomic mass is 19.4. The molecule has 1 aromatic rings. The van der Waals surface area contributed by atoms with Crippen LogP contribution in [0.4, 0.5) is 19.0 Å². The van der Waals surface area contributed by atoms with E-state index in [0.29, 0.717) is 0 Å². The summed E-state index contributed by atoms with van der Waals surface area (Å²) in [5.74, 6) is -0.250. The summed E-state index contributed by atoms with van der Waals surface area (Å²) in [6, 6.07) is 0.938. The van der Waals surface area contributed by atoms with Crippen LogP contribution >= 0.6 is 0 Å². The Morgan fingerprint density at radius 3 is 2.27 bits per heavy atom. The van der Waals surface area contributed by atoms with Crippen LogP contribution in [0.2, 0.25) is 0 Å². The van der Waals surface area contributed by atoms with E-state index < -0.39 is 11.9 Å². The van der Waals surface area contributed by atoms with Gasteiger partial charge < -0.3 is 5.73 Å². The number of alkyl halides is 3. The number of nitrogens with two attached hydrogens (primary N) is 1. The highest BCUT2D eigenvalue weighted by molar-refractivity contribution is 6.31. The number of hydrogen-bond donors (Lipinski definition) is 1. The Kier molecular flexibility index (Phi) is 1.58. The quantitative estimate of drug-likeness (QED) is 0.532. The largest absolute Gasteiger partial charge is 0.503 e. The van der Waals surface area contributed by atoms with Crippen LogP contribution in [0, 0.1) is 0 Å². The average Bonchev–Trinajstić information content (AvgIpc) is 2.08. The molecule has 2 radical (unpaired) electrons. The molecule has 3 nitrogen and oxygen atoms in total. The van der Waals surface area contributed by atoms with Gasteiger partial charge in [-0.2, -0.15) is 4.68 Å². The lowest BCUT2D eigenvalue weighted by molar-refractivity contribution is -0.209. The molecule has 7 heteroatoms. The molecule has 1 rings (SSSR count). The van der Waals surface area contributed by atoms with Crippen LogP contribution in [0.15, 0.2) is 6.07 Å². The summed E-state index contributed by atoms with van der Waals surface area (Å²) in [4.78, 5) is 0. The van der Waals surface area contributed by atoms with E-state index >= 15 is 0 Å². The van der Waals surface area contributed by atoms with Crippen LogP contribution in [0.5, 0.6) is 0 Å². The van der Waals surface area contributed by atoms with Gasteiger partial charge in [0.2, 0.25) is 0 Å². The number of halogens is 3. The van der Waals surface area contributed by atoms with Gasteiger partial charge in [0.05, 0.1) is 0 Å². The van der Waals surface area contributed by atoms with Gasteiger partial charge in [0.1, 0.15) is 13.7 Å². The maximum atomic E-state index is 11.8. The first-order valence-electron chi connectivity index (χ1n) is 2.59. The van der Waals surface area contributed by atoms with E-state index in [0.717, 1.165) is 6.07 Å². The molecule has 0 unspecified atom stereocenters. The highest BCUT2D eigenvalue weighted by Gasteiger charge is 2.32. The van der Waals surface area contributed by atoms with Gasteiger partial charge in [0, 0.05) is 0 Å². The van der Waals surface area contributed by atoms with Crippen LogP contribution in [0.25, 0.3) is 0 Å². The molecular formula is C4H3BF3N3. The number of nitrogen functional groups attached to an aromatic ring is 1. The molecular weight excluding hydrogens is 158 g/mol. The predicted molar refractivity (Wildman–Crippen MR) is 33.3 cm³/mol. The van der Waals surface area contributed by atoms with Gasteiger partial charge in [-0.3, -0.25) is 0 Å². The van der Waals surface area contributed by atoms with Crippen molar-refractivity contribution < 1.29 is 13.2 Å². The molecule has 0 amide bonds. The summed E-state index contributed by atoms with van der Waals surface area (Å²) in [7, 11) is 4.93. The average molecular weight is 161 g/mol. The van der Waals surface area contributed by atoms with Gasteiger partial charge in [-0.25, -0.2) is 0 Å². The van der Waals surface area contributed by atoms with Crippen molar-refractivity contribution in [2.75, 3.05) is 5.73 Å². The van der Waals surface area contributed by atoms with Gasteiger partial charge in [0.15, 0.2) is 0 Å². The molecule has 0 atom stereocenters. The lowest BCUT2D eigenvalue weighted by atomic mass is 10.1. The smallest absolute Gasteiger partial charge is 0.382 e.